The maximum absolute atomic E-state index is 13.3. The van der Waals surface area contributed by atoms with Gasteiger partial charge in [-0.05, 0) is 18.4 Å². The summed E-state index contributed by atoms with van der Waals surface area (Å²) in [5, 5.41) is 2.75. The van der Waals surface area contributed by atoms with Crippen molar-refractivity contribution < 1.29 is 13.2 Å². The van der Waals surface area contributed by atoms with Gasteiger partial charge < -0.3 is 11.1 Å². The van der Waals surface area contributed by atoms with Gasteiger partial charge in [-0.2, -0.15) is 0 Å². The lowest BCUT2D eigenvalue weighted by molar-refractivity contribution is 0.412. The van der Waals surface area contributed by atoms with E-state index in [-0.39, 0.29) is 11.6 Å². The van der Waals surface area contributed by atoms with Crippen molar-refractivity contribution in [3.8, 4) is 0 Å². The van der Waals surface area contributed by atoms with E-state index < -0.39 is 17.5 Å². The summed E-state index contributed by atoms with van der Waals surface area (Å²) in [5.41, 5.74) is 5.52. The first-order valence-electron chi connectivity index (χ1n) is 5.54. The molecule has 5 heteroatoms. The molecule has 1 unspecified atom stereocenters. The van der Waals surface area contributed by atoms with E-state index in [1.54, 1.807) is 0 Å². The van der Waals surface area contributed by atoms with Gasteiger partial charge >= 0.3 is 0 Å². The minimum Gasteiger partial charge on any atom is -0.382 e. The average Bonchev–Trinajstić information content (AvgIpc) is 2.25. The van der Waals surface area contributed by atoms with Crippen LogP contribution >= 0.6 is 0 Å². The molecule has 1 atom stereocenters. The van der Waals surface area contributed by atoms with Crippen LogP contribution in [0.3, 0.4) is 0 Å². The number of halogens is 3. The molecule has 0 aliphatic rings. The molecule has 0 spiro atoms. The molecule has 0 aliphatic heterocycles. The lowest BCUT2D eigenvalue weighted by Gasteiger charge is -2.20. The smallest absolute Gasteiger partial charge is 0.161 e. The summed E-state index contributed by atoms with van der Waals surface area (Å²) < 4.78 is 38.9. The molecular weight excluding hydrogens is 229 g/mol. The highest BCUT2D eigenvalue weighted by Gasteiger charge is 2.14. The number of nitrogens with one attached hydrogen (secondary N) is 1. The number of hydrogen-bond acceptors (Lipinski definition) is 2. The minimum absolute atomic E-state index is 0.0389. The minimum atomic E-state index is -1.19. The molecule has 3 N–H and O–H groups in total. The SMILES string of the molecule is CC(C)C(CN)CNc1cc(F)c(F)cc1F. The van der Waals surface area contributed by atoms with Crippen LogP contribution in [0.1, 0.15) is 13.8 Å². The summed E-state index contributed by atoms with van der Waals surface area (Å²) in [4.78, 5) is 0. The molecule has 1 aromatic carbocycles. The van der Waals surface area contributed by atoms with E-state index in [4.69, 9.17) is 5.73 Å². The van der Waals surface area contributed by atoms with E-state index in [1.165, 1.54) is 0 Å². The van der Waals surface area contributed by atoms with E-state index in [0.717, 1.165) is 6.07 Å². The highest BCUT2D eigenvalue weighted by atomic mass is 19.2. The fraction of sp³-hybridized carbons (Fsp3) is 0.500. The van der Waals surface area contributed by atoms with E-state index >= 15 is 0 Å². The monoisotopic (exact) mass is 246 g/mol. The third-order valence-electron chi connectivity index (χ3n) is 2.81. The average molecular weight is 246 g/mol. The number of anilines is 1. The van der Waals surface area contributed by atoms with E-state index in [1.807, 2.05) is 13.8 Å². The molecule has 1 rings (SSSR count). The second-order valence-corrected chi connectivity index (χ2v) is 4.37. The molecule has 0 saturated heterocycles. The van der Waals surface area contributed by atoms with Crippen molar-refractivity contribution >= 4 is 5.69 Å². The second-order valence-electron chi connectivity index (χ2n) is 4.37. The molecule has 0 radical (unpaired) electrons. The molecule has 0 heterocycles. The van der Waals surface area contributed by atoms with Crippen LogP contribution in [0.5, 0.6) is 0 Å². The van der Waals surface area contributed by atoms with Gasteiger partial charge in [-0.3, -0.25) is 0 Å². The van der Waals surface area contributed by atoms with Crippen LogP contribution in [0, 0.1) is 29.3 Å². The lowest BCUT2D eigenvalue weighted by atomic mass is 9.96. The van der Waals surface area contributed by atoms with Crippen LogP contribution in [0.4, 0.5) is 18.9 Å². The van der Waals surface area contributed by atoms with Crippen molar-refractivity contribution in [1.82, 2.24) is 0 Å². The number of hydrogen-bond donors (Lipinski definition) is 2. The van der Waals surface area contributed by atoms with Gasteiger partial charge in [-0.25, -0.2) is 13.2 Å². The summed E-state index contributed by atoms with van der Waals surface area (Å²) >= 11 is 0. The quantitative estimate of drug-likeness (QED) is 0.784. The van der Waals surface area contributed by atoms with E-state index in [0.29, 0.717) is 25.1 Å². The zero-order chi connectivity index (χ0) is 13.0. The predicted octanol–water partition coefficient (Wildman–Crippen LogP) is 2.75. The summed E-state index contributed by atoms with van der Waals surface area (Å²) in [6, 6.07) is 1.35. The first-order valence-corrected chi connectivity index (χ1v) is 5.54. The van der Waals surface area contributed by atoms with Crippen LogP contribution in [0.25, 0.3) is 0 Å². The predicted molar refractivity (Wildman–Crippen MR) is 62.2 cm³/mol. The van der Waals surface area contributed by atoms with Crippen molar-refractivity contribution in [3.63, 3.8) is 0 Å². The zero-order valence-corrected chi connectivity index (χ0v) is 9.93. The Morgan fingerprint density at radius 1 is 1.12 bits per heavy atom. The highest BCUT2D eigenvalue weighted by molar-refractivity contribution is 5.45. The fourth-order valence-corrected chi connectivity index (χ4v) is 1.49. The Bertz CT molecular complexity index is 380. The second kappa shape index (κ2) is 5.91. The first-order chi connectivity index (χ1) is 7.95. The van der Waals surface area contributed by atoms with Crippen molar-refractivity contribution in [2.75, 3.05) is 18.4 Å². The zero-order valence-electron chi connectivity index (χ0n) is 9.93. The third kappa shape index (κ3) is 3.63. The van der Waals surface area contributed by atoms with Gasteiger partial charge in [0.2, 0.25) is 0 Å². The maximum atomic E-state index is 13.3. The fourth-order valence-electron chi connectivity index (χ4n) is 1.49. The standard InChI is InChI=1S/C12H17F3N2/c1-7(2)8(5-16)6-17-12-4-10(14)9(13)3-11(12)15/h3-4,7-8,17H,5-6,16H2,1-2H3. The molecular formula is C12H17F3N2. The molecule has 0 saturated carbocycles. The molecule has 2 nitrogen and oxygen atoms in total. The number of benzene rings is 1. The van der Waals surface area contributed by atoms with Gasteiger partial charge in [0, 0.05) is 18.7 Å². The van der Waals surface area contributed by atoms with Crippen molar-refractivity contribution in [2.45, 2.75) is 13.8 Å². The van der Waals surface area contributed by atoms with Gasteiger partial charge in [0.05, 0.1) is 5.69 Å². The van der Waals surface area contributed by atoms with E-state index in [9.17, 15) is 13.2 Å². The Balaban J connectivity index is 2.72. The van der Waals surface area contributed by atoms with Gasteiger partial charge in [0.25, 0.3) is 0 Å². The van der Waals surface area contributed by atoms with Crippen LogP contribution in [-0.2, 0) is 0 Å². The van der Waals surface area contributed by atoms with Gasteiger partial charge in [0.15, 0.2) is 11.6 Å². The largest absolute Gasteiger partial charge is 0.382 e. The molecule has 0 fully saturated rings. The molecule has 17 heavy (non-hydrogen) atoms. The topological polar surface area (TPSA) is 38.0 Å². The summed E-state index contributed by atoms with van der Waals surface area (Å²) in [6.07, 6.45) is 0. The Morgan fingerprint density at radius 3 is 2.24 bits per heavy atom. The summed E-state index contributed by atoms with van der Waals surface area (Å²) in [6.45, 7) is 4.88. The van der Waals surface area contributed by atoms with Gasteiger partial charge in [-0.15, -0.1) is 0 Å². The molecule has 96 valence electrons. The Hall–Kier alpha value is -1.23. The Labute approximate surface area is 99.0 Å². The molecule has 0 bridgehead atoms. The first kappa shape index (κ1) is 13.8. The maximum Gasteiger partial charge on any atom is 0.161 e. The Kier molecular flexibility index (Phi) is 4.81. The van der Waals surface area contributed by atoms with Crippen molar-refractivity contribution in [3.05, 3.63) is 29.6 Å². The summed E-state index contributed by atoms with van der Waals surface area (Å²) in [5.74, 6) is -2.57. The van der Waals surface area contributed by atoms with Crippen molar-refractivity contribution in [1.29, 1.82) is 0 Å². The van der Waals surface area contributed by atoms with Crippen LogP contribution in [0.2, 0.25) is 0 Å². The van der Waals surface area contributed by atoms with Gasteiger partial charge in [0.1, 0.15) is 5.82 Å². The number of nitrogens with two attached hydrogens (primary N) is 1. The van der Waals surface area contributed by atoms with Crippen LogP contribution in [0.15, 0.2) is 12.1 Å². The van der Waals surface area contributed by atoms with Crippen LogP contribution < -0.4 is 11.1 Å². The molecule has 0 amide bonds. The summed E-state index contributed by atoms with van der Waals surface area (Å²) in [7, 11) is 0. The molecule has 0 aliphatic carbocycles. The number of rotatable bonds is 5. The van der Waals surface area contributed by atoms with Gasteiger partial charge in [-0.1, -0.05) is 13.8 Å². The lowest BCUT2D eigenvalue weighted by Crippen LogP contribution is -2.27. The van der Waals surface area contributed by atoms with Crippen LogP contribution in [-0.4, -0.2) is 13.1 Å². The van der Waals surface area contributed by atoms with E-state index in [2.05, 4.69) is 5.32 Å². The third-order valence-corrected chi connectivity index (χ3v) is 2.81. The molecule has 1 aromatic rings. The normalized spacial score (nSPS) is 12.9. The molecule has 0 aromatic heterocycles. The highest BCUT2D eigenvalue weighted by Crippen LogP contribution is 2.19. The Morgan fingerprint density at radius 2 is 1.71 bits per heavy atom. The van der Waals surface area contributed by atoms with Crippen molar-refractivity contribution in [2.24, 2.45) is 17.6 Å².